The summed E-state index contributed by atoms with van der Waals surface area (Å²) in [5, 5.41) is 5.51. The van der Waals surface area contributed by atoms with Crippen LogP contribution in [0.15, 0.2) is 17.0 Å². The molecule has 0 saturated carbocycles. The lowest BCUT2D eigenvalue weighted by Gasteiger charge is -2.30. The van der Waals surface area contributed by atoms with Gasteiger partial charge in [-0.05, 0) is 57.3 Å². The molecule has 1 aromatic carbocycles. The van der Waals surface area contributed by atoms with Crippen LogP contribution in [0.4, 0.5) is 5.69 Å². The van der Waals surface area contributed by atoms with Gasteiger partial charge in [-0.25, -0.2) is 8.42 Å². The molecule has 172 valence electrons. The van der Waals surface area contributed by atoms with Crippen molar-refractivity contribution in [1.29, 1.82) is 0 Å². The van der Waals surface area contributed by atoms with Crippen molar-refractivity contribution >= 4 is 27.5 Å². The predicted molar refractivity (Wildman–Crippen MR) is 118 cm³/mol. The normalized spacial score (nSPS) is 20.2. The van der Waals surface area contributed by atoms with E-state index in [0.29, 0.717) is 23.5 Å². The number of nitrogens with one attached hydrogen (secondary N) is 2. The number of benzene rings is 1. The maximum Gasteiger partial charge on any atom is 0.265 e. The van der Waals surface area contributed by atoms with E-state index in [1.807, 2.05) is 0 Å². The van der Waals surface area contributed by atoms with Crippen LogP contribution < -0.4 is 15.4 Å². The van der Waals surface area contributed by atoms with E-state index in [0.717, 1.165) is 29.9 Å². The summed E-state index contributed by atoms with van der Waals surface area (Å²) in [6.45, 7) is 8.53. The molecule has 1 saturated heterocycles. The molecule has 0 radical (unpaired) electrons. The number of anilines is 1. The fourth-order valence-electron chi connectivity index (χ4n) is 3.77. The standard InChI is InChI=1S/C21H32N4O5S/c1-14-5-8-25(9-6-14)10-7-22-20(26)13-24(4)31(28,29)19-12-18-17(11-15(19)2)23-21(27)16(3)30-18/h11-12,14,16H,5-10,13H2,1-4H3,(H,22,26)(H,23,27)/t16-/m0/s1. The average Bonchev–Trinajstić information content (AvgIpc) is 2.70. The van der Waals surface area contributed by atoms with Crippen molar-refractivity contribution in [2.75, 3.05) is 45.1 Å². The molecule has 2 aliphatic heterocycles. The Morgan fingerprint density at radius 1 is 1.29 bits per heavy atom. The van der Waals surface area contributed by atoms with Crippen molar-refractivity contribution in [3.8, 4) is 5.75 Å². The largest absolute Gasteiger partial charge is 0.479 e. The Kier molecular flexibility index (Phi) is 7.23. The number of sulfonamides is 1. The third-order valence-corrected chi connectivity index (χ3v) is 7.83. The summed E-state index contributed by atoms with van der Waals surface area (Å²) < 4.78 is 32.7. The highest BCUT2D eigenvalue weighted by molar-refractivity contribution is 7.89. The van der Waals surface area contributed by atoms with Gasteiger partial charge >= 0.3 is 0 Å². The molecule has 2 N–H and O–H groups in total. The molecule has 10 heteroatoms. The Balaban J connectivity index is 1.59. The number of aryl methyl sites for hydroxylation is 1. The summed E-state index contributed by atoms with van der Waals surface area (Å²) in [6, 6.07) is 2.97. The number of nitrogens with zero attached hydrogens (tertiary/aromatic N) is 2. The van der Waals surface area contributed by atoms with Crippen molar-refractivity contribution in [2.24, 2.45) is 5.92 Å². The summed E-state index contributed by atoms with van der Waals surface area (Å²) in [7, 11) is -2.53. The Morgan fingerprint density at radius 3 is 2.65 bits per heavy atom. The number of rotatable bonds is 7. The molecule has 0 unspecified atom stereocenters. The van der Waals surface area contributed by atoms with Gasteiger partial charge in [0, 0.05) is 26.2 Å². The van der Waals surface area contributed by atoms with Crippen molar-refractivity contribution < 1.29 is 22.7 Å². The molecule has 2 amide bonds. The lowest BCUT2D eigenvalue weighted by molar-refractivity contribution is -0.123. The van der Waals surface area contributed by atoms with E-state index in [9.17, 15) is 18.0 Å². The smallest absolute Gasteiger partial charge is 0.265 e. The average molecular weight is 453 g/mol. The molecular formula is C21H32N4O5S. The van der Waals surface area contributed by atoms with Gasteiger partial charge in [-0.15, -0.1) is 0 Å². The van der Waals surface area contributed by atoms with E-state index in [-0.39, 0.29) is 23.3 Å². The van der Waals surface area contributed by atoms with E-state index in [2.05, 4.69) is 22.5 Å². The minimum Gasteiger partial charge on any atom is -0.479 e. The zero-order chi connectivity index (χ0) is 22.8. The molecule has 0 spiro atoms. The monoisotopic (exact) mass is 452 g/mol. The van der Waals surface area contributed by atoms with Crippen LogP contribution in [-0.4, -0.2) is 75.3 Å². The molecule has 1 aromatic rings. The summed E-state index contributed by atoms with van der Waals surface area (Å²) >= 11 is 0. The van der Waals surface area contributed by atoms with Gasteiger partial charge in [-0.1, -0.05) is 6.92 Å². The third-order valence-electron chi connectivity index (χ3n) is 5.89. The van der Waals surface area contributed by atoms with Crippen molar-refractivity contribution in [1.82, 2.24) is 14.5 Å². The van der Waals surface area contributed by atoms with Gasteiger partial charge in [0.2, 0.25) is 15.9 Å². The summed E-state index contributed by atoms with van der Waals surface area (Å²) in [5.41, 5.74) is 0.899. The molecule has 1 fully saturated rings. The van der Waals surface area contributed by atoms with Crippen molar-refractivity contribution in [2.45, 2.75) is 44.6 Å². The highest BCUT2D eigenvalue weighted by atomic mass is 32.2. The topological polar surface area (TPSA) is 108 Å². The van der Waals surface area contributed by atoms with Gasteiger partial charge < -0.3 is 20.3 Å². The van der Waals surface area contributed by atoms with E-state index >= 15 is 0 Å². The van der Waals surface area contributed by atoms with Crippen molar-refractivity contribution in [3.05, 3.63) is 17.7 Å². The lowest BCUT2D eigenvalue weighted by Crippen LogP contribution is -2.43. The predicted octanol–water partition coefficient (Wildman–Crippen LogP) is 1.18. The van der Waals surface area contributed by atoms with Gasteiger partial charge in [0.1, 0.15) is 5.75 Å². The number of amides is 2. The van der Waals surface area contributed by atoms with Gasteiger partial charge in [0.25, 0.3) is 5.91 Å². The Bertz CT molecular complexity index is 941. The molecule has 2 heterocycles. The minimum atomic E-state index is -3.91. The maximum atomic E-state index is 13.1. The van der Waals surface area contributed by atoms with E-state index in [4.69, 9.17) is 4.74 Å². The second-order valence-corrected chi connectivity index (χ2v) is 10.5. The first-order valence-electron chi connectivity index (χ1n) is 10.7. The van der Waals surface area contributed by atoms with Crippen LogP contribution in [0.2, 0.25) is 0 Å². The van der Waals surface area contributed by atoms with Crippen LogP contribution in [-0.2, 0) is 19.6 Å². The lowest BCUT2D eigenvalue weighted by atomic mass is 9.99. The quantitative estimate of drug-likeness (QED) is 0.643. The van der Waals surface area contributed by atoms with Crippen LogP contribution >= 0.6 is 0 Å². The molecule has 31 heavy (non-hydrogen) atoms. The second-order valence-electron chi connectivity index (χ2n) is 8.50. The molecule has 0 aromatic heterocycles. The number of likely N-dealkylation sites (tertiary alicyclic amines) is 1. The number of ether oxygens (including phenoxy) is 1. The van der Waals surface area contributed by atoms with E-state index in [1.165, 1.54) is 26.0 Å². The molecule has 0 aliphatic carbocycles. The number of likely N-dealkylation sites (N-methyl/N-ethyl adjacent to an activating group) is 1. The number of carbonyl (C=O) groups is 2. The summed E-state index contributed by atoms with van der Waals surface area (Å²) in [6.07, 6.45) is 1.63. The molecule has 0 bridgehead atoms. The zero-order valence-electron chi connectivity index (χ0n) is 18.6. The van der Waals surface area contributed by atoms with E-state index in [1.54, 1.807) is 19.9 Å². The summed E-state index contributed by atoms with van der Waals surface area (Å²) in [4.78, 5) is 26.4. The highest BCUT2D eigenvalue weighted by Gasteiger charge is 2.30. The Labute approximate surface area is 184 Å². The van der Waals surface area contributed by atoms with Crippen molar-refractivity contribution in [3.63, 3.8) is 0 Å². The third kappa shape index (κ3) is 5.55. The molecule has 3 rings (SSSR count). The maximum absolute atomic E-state index is 13.1. The molecular weight excluding hydrogens is 420 g/mol. The van der Waals surface area contributed by atoms with Crippen LogP contribution in [0.3, 0.4) is 0 Å². The number of hydrogen-bond acceptors (Lipinski definition) is 6. The number of hydrogen-bond donors (Lipinski definition) is 2. The fraction of sp³-hybridized carbons (Fsp3) is 0.619. The van der Waals surface area contributed by atoms with Gasteiger partial charge in [0.05, 0.1) is 17.1 Å². The first kappa shape index (κ1) is 23.5. The van der Waals surface area contributed by atoms with Crippen LogP contribution in [0, 0.1) is 12.8 Å². The van der Waals surface area contributed by atoms with Gasteiger partial charge in [0.15, 0.2) is 6.10 Å². The fourth-order valence-corrected chi connectivity index (χ4v) is 5.12. The van der Waals surface area contributed by atoms with E-state index < -0.39 is 16.1 Å². The molecule has 2 aliphatic rings. The molecule has 1 atom stereocenters. The number of fused-ring (bicyclic) bond motifs is 1. The Morgan fingerprint density at radius 2 is 1.97 bits per heavy atom. The first-order valence-corrected chi connectivity index (χ1v) is 12.1. The van der Waals surface area contributed by atoms with Gasteiger partial charge in [-0.2, -0.15) is 4.31 Å². The van der Waals surface area contributed by atoms with Crippen LogP contribution in [0.5, 0.6) is 5.75 Å². The first-order chi connectivity index (χ1) is 14.6. The number of carbonyl (C=O) groups excluding carboxylic acids is 2. The van der Waals surface area contributed by atoms with Crippen LogP contribution in [0.1, 0.15) is 32.3 Å². The SMILES string of the molecule is Cc1cc2c(cc1S(=O)(=O)N(C)CC(=O)NCCN1CCC(C)CC1)O[C@@H](C)C(=O)N2. The zero-order valence-corrected chi connectivity index (χ0v) is 19.4. The highest BCUT2D eigenvalue weighted by Crippen LogP contribution is 2.35. The van der Waals surface area contributed by atoms with Crippen LogP contribution in [0.25, 0.3) is 0 Å². The number of piperidine rings is 1. The molecule has 9 nitrogen and oxygen atoms in total. The minimum absolute atomic E-state index is 0.0485. The second kappa shape index (κ2) is 9.54. The summed E-state index contributed by atoms with van der Waals surface area (Å²) in [5.74, 6) is 0.422. The van der Waals surface area contributed by atoms with Gasteiger partial charge in [-0.3, -0.25) is 9.59 Å². The Hall–Kier alpha value is -2.17.